The number of nitrogens with zero attached hydrogens (tertiary/aromatic N) is 2. The van der Waals surface area contributed by atoms with Crippen molar-refractivity contribution in [3.63, 3.8) is 0 Å². The number of carbonyl (C=O) groups excluding carboxylic acids is 1. The van der Waals surface area contributed by atoms with E-state index < -0.39 is 0 Å². The Balaban J connectivity index is 2.94. The van der Waals surface area contributed by atoms with Gasteiger partial charge in [-0.3, -0.25) is 4.79 Å². The molecule has 4 heteroatoms. The number of rotatable bonds is 3. The molecule has 0 fully saturated rings. The van der Waals surface area contributed by atoms with Crippen molar-refractivity contribution in [2.45, 2.75) is 0 Å². The molecule has 0 spiro atoms. The van der Waals surface area contributed by atoms with Gasteiger partial charge in [-0.05, 0) is 11.4 Å². The maximum Gasteiger partial charge on any atom is 0.205 e. The van der Waals surface area contributed by atoms with Gasteiger partial charge in [0.05, 0.1) is 0 Å². The SMILES string of the molecule is CN(C)C=C(C#N)C(=O)c1ccsc1. The van der Waals surface area contributed by atoms with Gasteiger partial charge in [-0.1, -0.05) is 0 Å². The quantitative estimate of drug-likeness (QED) is 0.431. The number of nitriles is 1. The van der Waals surface area contributed by atoms with E-state index in [1.807, 2.05) is 11.4 Å². The second-order valence-electron chi connectivity index (χ2n) is 2.96. The van der Waals surface area contributed by atoms with Gasteiger partial charge < -0.3 is 4.90 Å². The summed E-state index contributed by atoms with van der Waals surface area (Å²) >= 11 is 1.44. The van der Waals surface area contributed by atoms with Gasteiger partial charge in [-0.2, -0.15) is 16.6 Å². The highest BCUT2D eigenvalue weighted by atomic mass is 32.1. The number of hydrogen-bond donors (Lipinski definition) is 0. The Hall–Kier alpha value is -1.60. The van der Waals surface area contributed by atoms with Gasteiger partial charge in [0.2, 0.25) is 5.78 Å². The van der Waals surface area contributed by atoms with Crippen LogP contribution in [0.15, 0.2) is 28.6 Å². The van der Waals surface area contributed by atoms with Crippen molar-refractivity contribution in [1.82, 2.24) is 4.90 Å². The molecule has 0 radical (unpaired) electrons. The molecule has 0 unspecified atom stereocenters. The third-order valence-electron chi connectivity index (χ3n) is 1.54. The van der Waals surface area contributed by atoms with Gasteiger partial charge in [-0.15, -0.1) is 0 Å². The molecule has 0 amide bonds. The molecular weight excluding hydrogens is 196 g/mol. The number of carbonyl (C=O) groups is 1. The van der Waals surface area contributed by atoms with Gasteiger partial charge >= 0.3 is 0 Å². The van der Waals surface area contributed by atoms with Crippen LogP contribution in [0.5, 0.6) is 0 Å². The molecule has 0 aromatic carbocycles. The first-order chi connectivity index (χ1) is 6.65. The van der Waals surface area contributed by atoms with Crippen molar-refractivity contribution in [3.8, 4) is 6.07 Å². The number of allylic oxidation sites excluding steroid dienone is 1. The maximum atomic E-state index is 11.7. The molecule has 1 aromatic heterocycles. The molecule has 1 aromatic rings. The van der Waals surface area contributed by atoms with Crippen molar-refractivity contribution in [2.75, 3.05) is 14.1 Å². The summed E-state index contributed by atoms with van der Waals surface area (Å²) in [6.45, 7) is 0. The molecule has 3 nitrogen and oxygen atoms in total. The summed E-state index contributed by atoms with van der Waals surface area (Å²) in [5.41, 5.74) is 0.734. The minimum absolute atomic E-state index is 0.161. The molecule has 1 rings (SSSR count). The molecule has 0 saturated heterocycles. The molecule has 0 atom stereocenters. The van der Waals surface area contributed by atoms with Crippen molar-refractivity contribution in [1.29, 1.82) is 5.26 Å². The number of Topliss-reactive ketones (excluding diaryl/α,β-unsaturated/α-hetero) is 1. The lowest BCUT2D eigenvalue weighted by atomic mass is 10.1. The molecule has 0 aliphatic carbocycles. The topological polar surface area (TPSA) is 44.1 Å². The third kappa shape index (κ3) is 2.44. The second kappa shape index (κ2) is 4.58. The van der Waals surface area contributed by atoms with Crippen LogP contribution < -0.4 is 0 Å². The lowest BCUT2D eigenvalue weighted by Gasteiger charge is -2.04. The largest absolute Gasteiger partial charge is 0.382 e. The van der Waals surface area contributed by atoms with Crippen LogP contribution in [0.3, 0.4) is 0 Å². The normalized spacial score (nSPS) is 10.8. The molecule has 1 heterocycles. The summed E-state index contributed by atoms with van der Waals surface area (Å²) in [5.74, 6) is -0.220. The lowest BCUT2D eigenvalue weighted by molar-refractivity contribution is 0.103. The predicted molar refractivity (Wildman–Crippen MR) is 56.0 cm³/mol. The average molecular weight is 206 g/mol. The molecule has 0 aliphatic rings. The monoisotopic (exact) mass is 206 g/mol. The Labute approximate surface area is 86.9 Å². The number of thiophene rings is 1. The van der Waals surface area contributed by atoms with Crippen LogP contribution in [-0.2, 0) is 0 Å². The van der Waals surface area contributed by atoms with E-state index in [1.165, 1.54) is 17.5 Å². The summed E-state index contributed by atoms with van der Waals surface area (Å²) in [5, 5.41) is 12.3. The van der Waals surface area contributed by atoms with Gasteiger partial charge in [0, 0.05) is 31.2 Å². The van der Waals surface area contributed by atoms with Crippen LogP contribution in [0.2, 0.25) is 0 Å². The van der Waals surface area contributed by atoms with E-state index in [1.54, 1.807) is 30.4 Å². The summed E-state index contributed by atoms with van der Waals surface area (Å²) < 4.78 is 0. The zero-order valence-corrected chi connectivity index (χ0v) is 8.84. The summed E-state index contributed by atoms with van der Waals surface area (Å²) in [6, 6.07) is 3.61. The molecule has 0 saturated carbocycles. The predicted octanol–water partition coefficient (Wildman–Crippen LogP) is 1.90. The molecular formula is C10H10N2OS. The molecule has 0 aliphatic heterocycles. The van der Waals surface area contributed by atoms with E-state index in [9.17, 15) is 4.79 Å². The van der Waals surface area contributed by atoms with E-state index in [0.29, 0.717) is 5.56 Å². The Bertz CT molecular complexity index is 385. The highest BCUT2D eigenvalue weighted by Crippen LogP contribution is 2.11. The van der Waals surface area contributed by atoms with Gasteiger partial charge in [0.1, 0.15) is 11.6 Å². The highest BCUT2D eigenvalue weighted by molar-refractivity contribution is 7.08. The fourth-order valence-electron chi connectivity index (χ4n) is 0.946. The van der Waals surface area contributed by atoms with Crippen LogP contribution in [0.4, 0.5) is 0 Å². The van der Waals surface area contributed by atoms with Crippen LogP contribution in [0.25, 0.3) is 0 Å². The van der Waals surface area contributed by atoms with E-state index >= 15 is 0 Å². The van der Waals surface area contributed by atoms with E-state index in [4.69, 9.17) is 5.26 Å². The zero-order valence-electron chi connectivity index (χ0n) is 8.02. The van der Waals surface area contributed by atoms with Crippen LogP contribution >= 0.6 is 11.3 Å². The molecule has 72 valence electrons. The summed E-state index contributed by atoms with van der Waals surface area (Å²) in [7, 11) is 3.55. The smallest absolute Gasteiger partial charge is 0.205 e. The summed E-state index contributed by atoms with van der Waals surface area (Å²) in [6.07, 6.45) is 1.53. The minimum atomic E-state index is -0.220. The lowest BCUT2D eigenvalue weighted by Crippen LogP contribution is -2.08. The van der Waals surface area contributed by atoms with Gasteiger partial charge in [0.25, 0.3) is 0 Å². The Kier molecular flexibility index (Phi) is 3.43. The van der Waals surface area contributed by atoms with E-state index in [2.05, 4.69) is 0 Å². The Morgan fingerprint density at radius 1 is 1.64 bits per heavy atom. The molecule has 14 heavy (non-hydrogen) atoms. The minimum Gasteiger partial charge on any atom is -0.382 e. The first-order valence-electron chi connectivity index (χ1n) is 4.00. The van der Waals surface area contributed by atoms with E-state index in [0.717, 1.165) is 0 Å². The second-order valence-corrected chi connectivity index (χ2v) is 3.74. The van der Waals surface area contributed by atoms with Crippen molar-refractivity contribution in [2.24, 2.45) is 0 Å². The number of ketones is 1. The number of hydrogen-bond acceptors (Lipinski definition) is 4. The Morgan fingerprint density at radius 2 is 2.36 bits per heavy atom. The van der Waals surface area contributed by atoms with Crippen molar-refractivity contribution < 1.29 is 4.79 Å². The highest BCUT2D eigenvalue weighted by Gasteiger charge is 2.12. The van der Waals surface area contributed by atoms with Crippen LogP contribution in [0, 0.1) is 11.3 Å². The average Bonchev–Trinajstić information content (AvgIpc) is 2.65. The van der Waals surface area contributed by atoms with Crippen LogP contribution in [0.1, 0.15) is 10.4 Å². The van der Waals surface area contributed by atoms with Crippen LogP contribution in [-0.4, -0.2) is 24.8 Å². The molecule has 0 bridgehead atoms. The van der Waals surface area contributed by atoms with E-state index in [-0.39, 0.29) is 11.4 Å². The standard InChI is InChI=1S/C10H10N2OS/c1-12(2)6-9(5-11)10(13)8-3-4-14-7-8/h3-4,6-7H,1-2H3. The summed E-state index contributed by atoms with van der Waals surface area (Å²) in [4.78, 5) is 13.3. The molecule has 0 N–H and O–H groups in total. The Morgan fingerprint density at radius 3 is 2.79 bits per heavy atom. The van der Waals surface area contributed by atoms with Crippen molar-refractivity contribution >= 4 is 17.1 Å². The first kappa shape index (κ1) is 10.5. The van der Waals surface area contributed by atoms with Gasteiger partial charge in [-0.25, -0.2) is 0 Å². The maximum absolute atomic E-state index is 11.7. The third-order valence-corrected chi connectivity index (χ3v) is 2.22. The first-order valence-corrected chi connectivity index (χ1v) is 4.94. The van der Waals surface area contributed by atoms with Gasteiger partial charge in [0.15, 0.2) is 0 Å². The fraction of sp³-hybridized carbons (Fsp3) is 0.200. The van der Waals surface area contributed by atoms with Crippen molar-refractivity contribution in [3.05, 3.63) is 34.2 Å². The zero-order chi connectivity index (χ0) is 10.6. The fourth-order valence-corrected chi connectivity index (χ4v) is 1.58.